The number of aromatic carboxylic acids is 1. The second kappa shape index (κ2) is 8.12. The minimum Gasteiger partial charge on any atom is -0.497 e. The number of benzene rings is 1. The van der Waals surface area contributed by atoms with Crippen LogP contribution in [0.4, 0.5) is 5.82 Å². The van der Waals surface area contributed by atoms with E-state index in [1.807, 2.05) is 48.3 Å². The summed E-state index contributed by atoms with van der Waals surface area (Å²) in [6.07, 6.45) is 4.62. The predicted molar refractivity (Wildman–Crippen MR) is 113 cm³/mol. The Morgan fingerprint density at radius 2 is 1.87 bits per heavy atom. The van der Waals surface area contributed by atoms with Crippen LogP contribution in [0.1, 0.15) is 15.9 Å². The van der Waals surface area contributed by atoms with E-state index in [0.29, 0.717) is 17.8 Å². The molecule has 0 saturated heterocycles. The van der Waals surface area contributed by atoms with Crippen LogP contribution in [-0.2, 0) is 6.54 Å². The molecule has 0 atom stereocenters. The lowest BCUT2D eigenvalue weighted by molar-refractivity contribution is 0.0696. The Balaban J connectivity index is 1.58. The molecule has 8 heteroatoms. The van der Waals surface area contributed by atoms with Gasteiger partial charge in [-0.25, -0.2) is 9.78 Å². The van der Waals surface area contributed by atoms with Crippen molar-refractivity contribution in [3.8, 4) is 17.0 Å². The molecule has 4 aromatic rings. The quantitative estimate of drug-likeness (QED) is 0.524. The van der Waals surface area contributed by atoms with Crippen LogP contribution in [0.3, 0.4) is 0 Å². The molecule has 1 aromatic carbocycles. The highest BCUT2D eigenvalue weighted by molar-refractivity contribution is 5.89. The van der Waals surface area contributed by atoms with Crippen molar-refractivity contribution in [2.24, 2.45) is 0 Å². The maximum Gasteiger partial charge on any atom is 0.337 e. The van der Waals surface area contributed by atoms with E-state index in [0.717, 1.165) is 28.0 Å². The number of pyridine rings is 2. The van der Waals surface area contributed by atoms with Gasteiger partial charge in [-0.3, -0.25) is 4.98 Å². The molecule has 0 aliphatic rings. The lowest BCUT2D eigenvalue weighted by Gasteiger charge is -2.18. The highest BCUT2D eigenvalue weighted by atomic mass is 16.5. The van der Waals surface area contributed by atoms with Gasteiger partial charge >= 0.3 is 5.97 Å². The fraction of sp³-hybridized carbons (Fsp3) is 0.136. The van der Waals surface area contributed by atoms with Crippen molar-refractivity contribution in [2.75, 3.05) is 19.1 Å². The fourth-order valence-electron chi connectivity index (χ4n) is 3.07. The number of anilines is 1. The van der Waals surface area contributed by atoms with Gasteiger partial charge in [0.2, 0.25) is 0 Å². The minimum atomic E-state index is -1.05. The maximum atomic E-state index is 11.2. The Bertz CT molecular complexity index is 1210. The number of fused-ring (bicyclic) bond motifs is 1. The van der Waals surface area contributed by atoms with Crippen LogP contribution in [0, 0.1) is 0 Å². The number of carboxylic acids is 1. The SMILES string of the molecule is COc1ccc(CN(C)c2cc3ncc(-c4cc(C(=O)O)cnn4)cc3cn2)cc1. The Kier molecular flexibility index (Phi) is 5.21. The van der Waals surface area contributed by atoms with Crippen molar-refractivity contribution >= 4 is 22.7 Å². The number of hydrogen-bond acceptors (Lipinski definition) is 7. The van der Waals surface area contributed by atoms with Crippen molar-refractivity contribution in [3.05, 3.63) is 72.2 Å². The van der Waals surface area contributed by atoms with Crippen molar-refractivity contribution in [1.82, 2.24) is 20.2 Å². The second-order valence-electron chi connectivity index (χ2n) is 6.80. The molecule has 0 unspecified atom stereocenters. The zero-order valence-electron chi connectivity index (χ0n) is 16.5. The number of methoxy groups -OCH3 is 1. The molecule has 150 valence electrons. The monoisotopic (exact) mass is 401 g/mol. The standard InChI is InChI=1S/C22H19N5O3/c1-27(13-14-3-5-18(30-2)6-4-14)21-9-19-15(11-24-21)7-16(10-23-19)20-8-17(22(28)29)12-25-26-20/h3-12H,13H2,1-2H3,(H,28,29). The lowest BCUT2D eigenvalue weighted by Crippen LogP contribution is -2.17. The van der Waals surface area contributed by atoms with Gasteiger partial charge < -0.3 is 14.7 Å². The number of nitrogens with zero attached hydrogens (tertiary/aromatic N) is 5. The molecule has 0 saturated carbocycles. The number of carbonyl (C=O) groups is 1. The Morgan fingerprint density at radius 1 is 1.07 bits per heavy atom. The molecular formula is C22H19N5O3. The van der Waals surface area contributed by atoms with Crippen LogP contribution in [0.15, 0.2) is 61.1 Å². The summed E-state index contributed by atoms with van der Waals surface area (Å²) in [7, 11) is 3.62. The summed E-state index contributed by atoms with van der Waals surface area (Å²) in [5, 5.41) is 17.7. The molecule has 4 rings (SSSR count). The first-order valence-electron chi connectivity index (χ1n) is 9.20. The molecule has 1 N–H and O–H groups in total. The third-order valence-electron chi connectivity index (χ3n) is 4.72. The average Bonchev–Trinajstić information content (AvgIpc) is 2.79. The van der Waals surface area contributed by atoms with E-state index < -0.39 is 5.97 Å². The van der Waals surface area contributed by atoms with E-state index in [4.69, 9.17) is 9.84 Å². The largest absolute Gasteiger partial charge is 0.497 e. The van der Waals surface area contributed by atoms with Crippen molar-refractivity contribution in [1.29, 1.82) is 0 Å². The van der Waals surface area contributed by atoms with Crippen LogP contribution >= 0.6 is 0 Å². The molecule has 3 heterocycles. The maximum absolute atomic E-state index is 11.2. The smallest absolute Gasteiger partial charge is 0.337 e. The van der Waals surface area contributed by atoms with E-state index >= 15 is 0 Å². The molecule has 3 aromatic heterocycles. The summed E-state index contributed by atoms with van der Waals surface area (Å²) in [6.45, 7) is 0.693. The first-order valence-corrected chi connectivity index (χ1v) is 9.20. The summed E-state index contributed by atoms with van der Waals surface area (Å²) < 4.78 is 5.20. The molecular weight excluding hydrogens is 382 g/mol. The van der Waals surface area contributed by atoms with Gasteiger partial charge in [0, 0.05) is 43.0 Å². The number of ether oxygens (including phenoxy) is 1. The molecule has 0 spiro atoms. The third kappa shape index (κ3) is 4.02. The highest BCUT2D eigenvalue weighted by Gasteiger charge is 2.10. The first-order chi connectivity index (χ1) is 14.5. The molecule has 0 radical (unpaired) electrons. The molecule has 8 nitrogen and oxygen atoms in total. The summed E-state index contributed by atoms with van der Waals surface area (Å²) in [4.78, 5) is 22.3. The van der Waals surface area contributed by atoms with Gasteiger partial charge in [-0.05, 0) is 29.8 Å². The van der Waals surface area contributed by atoms with E-state index in [1.54, 1.807) is 19.5 Å². The highest BCUT2D eigenvalue weighted by Crippen LogP contribution is 2.24. The van der Waals surface area contributed by atoms with Gasteiger partial charge in [0.15, 0.2) is 0 Å². The van der Waals surface area contributed by atoms with E-state index in [-0.39, 0.29) is 5.56 Å². The van der Waals surface area contributed by atoms with E-state index in [2.05, 4.69) is 20.2 Å². The summed E-state index contributed by atoms with van der Waals surface area (Å²) in [5.74, 6) is 0.571. The van der Waals surface area contributed by atoms with Crippen molar-refractivity contribution in [2.45, 2.75) is 6.54 Å². The lowest BCUT2D eigenvalue weighted by atomic mass is 10.1. The topological polar surface area (TPSA) is 101 Å². The van der Waals surface area contributed by atoms with Crippen LogP contribution in [0.5, 0.6) is 5.75 Å². The van der Waals surface area contributed by atoms with Gasteiger partial charge in [-0.1, -0.05) is 12.1 Å². The first kappa shape index (κ1) is 19.3. The Labute approximate surface area is 172 Å². The summed E-state index contributed by atoms with van der Waals surface area (Å²) in [5.41, 5.74) is 3.13. The molecule has 0 fully saturated rings. The van der Waals surface area contributed by atoms with Crippen LogP contribution in [0.25, 0.3) is 22.2 Å². The molecule has 30 heavy (non-hydrogen) atoms. The molecule has 0 aliphatic heterocycles. The minimum absolute atomic E-state index is 0.0775. The molecule has 0 amide bonds. The van der Waals surface area contributed by atoms with E-state index in [1.165, 1.54) is 12.3 Å². The third-order valence-corrected chi connectivity index (χ3v) is 4.72. The Morgan fingerprint density at radius 3 is 2.60 bits per heavy atom. The number of aromatic nitrogens is 4. The fourth-order valence-corrected chi connectivity index (χ4v) is 3.07. The van der Waals surface area contributed by atoms with Crippen LogP contribution in [0.2, 0.25) is 0 Å². The van der Waals surface area contributed by atoms with Gasteiger partial charge in [0.05, 0.1) is 30.1 Å². The van der Waals surface area contributed by atoms with Gasteiger partial charge in [-0.15, -0.1) is 0 Å². The number of hydrogen-bond donors (Lipinski definition) is 1. The van der Waals surface area contributed by atoms with Crippen molar-refractivity contribution < 1.29 is 14.6 Å². The van der Waals surface area contributed by atoms with Gasteiger partial charge in [0.1, 0.15) is 11.6 Å². The summed E-state index contributed by atoms with van der Waals surface area (Å²) >= 11 is 0. The molecule has 0 aliphatic carbocycles. The van der Waals surface area contributed by atoms with Crippen LogP contribution < -0.4 is 9.64 Å². The van der Waals surface area contributed by atoms with Gasteiger partial charge in [-0.2, -0.15) is 10.2 Å². The Hall–Kier alpha value is -4.07. The number of carboxylic acid groups (broad SMARTS) is 1. The zero-order valence-corrected chi connectivity index (χ0v) is 16.5. The predicted octanol–water partition coefficient (Wildman–Crippen LogP) is 3.43. The summed E-state index contributed by atoms with van der Waals surface area (Å²) in [6, 6.07) is 13.2. The average molecular weight is 401 g/mol. The zero-order chi connectivity index (χ0) is 21.1. The normalized spacial score (nSPS) is 10.7. The molecule has 0 bridgehead atoms. The second-order valence-corrected chi connectivity index (χ2v) is 6.80. The van der Waals surface area contributed by atoms with Gasteiger partial charge in [0.25, 0.3) is 0 Å². The number of rotatable bonds is 6. The van der Waals surface area contributed by atoms with E-state index in [9.17, 15) is 4.79 Å². The van der Waals surface area contributed by atoms with Crippen LogP contribution in [-0.4, -0.2) is 45.4 Å². The van der Waals surface area contributed by atoms with Crippen molar-refractivity contribution in [3.63, 3.8) is 0 Å².